The molecule has 0 fully saturated rings. The van der Waals surface area contributed by atoms with Crippen molar-refractivity contribution in [3.63, 3.8) is 0 Å². The van der Waals surface area contributed by atoms with Gasteiger partial charge in [0.05, 0.1) is 0 Å². The average Bonchev–Trinajstić information content (AvgIpc) is 1.99. The summed E-state index contributed by atoms with van der Waals surface area (Å²) in [5, 5.41) is 3.34. The van der Waals surface area contributed by atoms with Crippen molar-refractivity contribution in [1.29, 1.82) is 0 Å². The minimum Gasteiger partial charge on any atom is -0.351 e. The van der Waals surface area contributed by atoms with Crippen LogP contribution in [0.3, 0.4) is 0 Å². The maximum absolute atomic E-state index is 4.37. The monoisotopic (exact) mass is 207 g/mol. The SMILES string of the molecule is Cc1cc(C)nc(NC(C)C(C)(C)C)n1. The molecular formula is C12H21N3. The van der Waals surface area contributed by atoms with Crippen LogP contribution < -0.4 is 5.32 Å². The molecule has 0 aliphatic heterocycles. The minimum atomic E-state index is 0.209. The van der Waals surface area contributed by atoms with Gasteiger partial charge >= 0.3 is 0 Å². The number of hydrogen-bond acceptors (Lipinski definition) is 3. The summed E-state index contributed by atoms with van der Waals surface area (Å²) >= 11 is 0. The second-order valence-electron chi connectivity index (χ2n) is 5.21. The van der Waals surface area contributed by atoms with Gasteiger partial charge in [0.25, 0.3) is 0 Å². The van der Waals surface area contributed by atoms with Crippen LogP contribution in [0.2, 0.25) is 0 Å². The van der Waals surface area contributed by atoms with E-state index in [1.54, 1.807) is 0 Å². The zero-order valence-corrected chi connectivity index (χ0v) is 10.5. The molecule has 15 heavy (non-hydrogen) atoms. The van der Waals surface area contributed by atoms with E-state index in [0.717, 1.165) is 17.3 Å². The summed E-state index contributed by atoms with van der Waals surface area (Å²) in [7, 11) is 0. The van der Waals surface area contributed by atoms with Crippen LogP contribution in [0, 0.1) is 19.3 Å². The lowest BCUT2D eigenvalue weighted by Gasteiger charge is -2.28. The van der Waals surface area contributed by atoms with Gasteiger partial charge in [-0.3, -0.25) is 0 Å². The van der Waals surface area contributed by atoms with Gasteiger partial charge in [0.15, 0.2) is 0 Å². The normalized spacial score (nSPS) is 13.7. The van der Waals surface area contributed by atoms with Crippen LogP contribution in [-0.2, 0) is 0 Å². The Balaban J connectivity index is 2.81. The molecule has 0 bridgehead atoms. The Hall–Kier alpha value is -1.12. The first kappa shape index (κ1) is 12.0. The molecule has 0 aliphatic rings. The van der Waals surface area contributed by atoms with Crippen LogP contribution in [0.1, 0.15) is 39.1 Å². The van der Waals surface area contributed by atoms with Crippen molar-refractivity contribution in [1.82, 2.24) is 9.97 Å². The second kappa shape index (κ2) is 4.17. The van der Waals surface area contributed by atoms with Gasteiger partial charge in [-0.25, -0.2) is 9.97 Å². The molecule has 0 spiro atoms. The third-order valence-corrected chi connectivity index (χ3v) is 2.63. The summed E-state index contributed by atoms with van der Waals surface area (Å²) in [6, 6.07) is 2.33. The first-order valence-corrected chi connectivity index (χ1v) is 5.38. The van der Waals surface area contributed by atoms with Gasteiger partial charge in [0.2, 0.25) is 5.95 Å². The van der Waals surface area contributed by atoms with Crippen molar-refractivity contribution >= 4 is 5.95 Å². The molecule has 0 saturated heterocycles. The van der Waals surface area contributed by atoms with Gasteiger partial charge in [0.1, 0.15) is 0 Å². The molecule has 1 aromatic rings. The predicted octanol–water partition coefficient (Wildman–Crippen LogP) is 2.94. The van der Waals surface area contributed by atoms with Gasteiger partial charge in [0, 0.05) is 17.4 Å². The molecule has 1 atom stereocenters. The fraction of sp³-hybridized carbons (Fsp3) is 0.667. The van der Waals surface area contributed by atoms with E-state index in [1.165, 1.54) is 0 Å². The van der Waals surface area contributed by atoms with Crippen molar-refractivity contribution in [3.8, 4) is 0 Å². The number of anilines is 1. The molecule has 1 unspecified atom stereocenters. The third-order valence-electron chi connectivity index (χ3n) is 2.63. The number of aryl methyl sites for hydroxylation is 2. The molecule has 0 amide bonds. The van der Waals surface area contributed by atoms with E-state index >= 15 is 0 Å². The summed E-state index contributed by atoms with van der Waals surface area (Å²) in [5.41, 5.74) is 2.22. The predicted molar refractivity (Wildman–Crippen MR) is 64.0 cm³/mol. The summed E-state index contributed by atoms with van der Waals surface area (Å²) in [6.07, 6.45) is 0. The number of nitrogens with one attached hydrogen (secondary N) is 1. The summed E-state index contributed by atoms with van der Waals surface area (Å²) in [6.45, 7) is 12.7. The second-order valence-corrected chi connectivity index (χ2v) is 5.21. The number of nitrogens with zero attached hydrogens (tertiary/aromatic N) is 2. The lowest BCUT2D eigenvalue weighted by molar-refractivity contribution is 0.358. The van der Waals surface area contributed by atoms with Crippen LogP contribution in [0.5, 0.6) is 0 Å². The largest absolute Gasteiger partial charge is 0.351 e. The standard InChI is InChI=1S/C12H21N3/c1-8-7-9(2)14-11(13-8)15-10(3)12(4,5)6/h7,10H,1-6H3,(H,13,14,15). The van der Waals surface area contributed by atoms with Gasteiger partial charge in [-0.1, -0.05) is 20.8 Å². The summed E-state index contributed by atoms with van der Waals surface area (Å²) in [4.78, 5) is 8.73. The van der Waals surface area contributed by atoms with Crippen molar-refractivity contribution in [2.45, 2.75) is 47.6 Å². The molecule has 0 aliphatic carbocycles. The Bertz CT molecular complexity index is 319. The lowest BCUT2D eigenvalue weighted by Crippen LogP contribution is -2.31. The number of rotatable bonds is 2. The van der Waals surface area contributed by atoms with Gasteiger partial charge in [-0.2, -0.15) is 0 Å². The molecule has 3 heteroatoms. The van der Waals surface area contributed by atoms with E-state index in [0.29, 0.717) is 6.04 Å². The van der Waals surface area contributed by atoms with Gasteiger partial charge < -0.3 is 5.32 Å². The Morgan fingerprint density at radius 3 is 2.00 bits per heavy atom. The highest BCUT2D eigenvalue weighted by Gasteiger charge is 2.20. The van der Waals surface area contributed by atoms with E-state index in [-0.39, 0.29) is 5.41 Å². The first-order chi connectivity index (χ1) is 6.79. The fourth-order valence-corrected chi connectivity index (χ4v) is 1.20. The number of aromatic nitrogens is 2. The van der Waals surface area contributed by atoms with E-state index in [9.17, 15) is 0 Å². The lowest BCUT2D eigenvalue weighted by atomic mass is 9.88. The van der Waals surface area contributed by atoms with Crippen molar-refractivity contribution < 1.29 is 0 Å². The highest BCUT2D eigenvalue weighted by Crippen LogP contribution is 2.21. The molecule has 3 nitrogen and oxygen atoms in total. The summed E-state index contributed by atoms with van der Waals surface area (Å²) < 4.78 is 0. The van der Waals surface area contributed by atoms with E-state index in [2.05, 4.69) is 43.0 Å². The molecule has 1 aromatic heterocycles. The zero-order valence-electron chi connectivity index (χ0n) is 10.5. The smallest absolute Gasteiger partial charge is 0.223 e. The number of hydrogen-bond donors (Lipinski definition) is 1. The van der Waals surface area contributed by atoms with Gasteiger partial charge in [-0.15, -0.1) is 0 Å². The van der Waals surface area contributed by atoms with Crippen LogP contribution in [0.25, 0.3) is 0 Å². The minimum absolute atomic E-state index is 0.209. The topological polar surface area (TPSA) is 37.8 Å². The van der Waals surface area contributed by atoms with E-state index in [1.807, 2.05) is 19.9 Å². The van der Waals surface area contributed by atoms with Crippen LogP contribution in [0.15, 0.2) is 6.07 Å². The Labute approximate surface area is 92.3 Å². The first-order valence-electron chi connectivity index (χ1n) is 5.38. The fourth-order valence-electron chi connectivity index (χ4n) is 1.20. The maximum Gasteiger partial charge on any atom is 0.223 e. The molecule has 0 aromatic carbocycles. The van der Waals surface area contributed by atoms with E-state index in [4.69, 9.17) is 0 Å². The van der Waals surface area contributed by atoms with Crippen LogP contribution in [0.4, 0.5) is 5.95 Å². The zero-order chi connectivity index (χ0) is 11.6. The third kappa shape index (κ3) is 3.50. The van der Waals surface area contributed by atoms with Crippen LogP contribution in [-0.4, -0.2) is 16.0 Å². The quantitative estimate of drug-likeness (QED) is 0.810. The van der Waals surface area contributed by atoms with Gasteiger partial charge in [-0.05, 0) is 32.3 Å². The highest BCUT2D eigenvalue weighted by atomic mass is 15.1. The molecule has 0 radical (unpaired) electrons. The average molecular weight is 207 g/mol. The molecule has 0 saturated carbocycles. The van der Waals surface area contributed by atoms with Crippen molar-refractivity contribution in [2.75, 3.05) is 5.32 Å². The molecule has 1 heterocycles. The Morgan fingerprint density at radius 1 is 1.13 bits per heavy atom. The molecule has 1 rings (SSSR count). The Kier molecular flexibility index (Phi) is 3.32. The van der Waals surface area contributed by atoms with Crippen molar-refractivity contribution in [2.24, 2.45) is 5.41 Å². The van der Waals surface area contributed by atoms with Crippen LogP contribution >= 0.6 is 0 Å². The highest BCUT2D eigenvalue weighted by molar-refractivity contribution is 5.29. The maximum atomic E-state index is 4.37. The molecular weight excluding hydrogens is 186 g/mol. The van der Waals surface area contributed by atoms with Crippen molar-refractivity contribution in [3.05, 3.63) is 17.5 Å². The molecule has 1 N–H and O–H groups in total. The summed E-state index contributed by atoms with van der Waals surface area (Å²) in [5.74, 6) is 0.731. The van der Waals surface area contributed by atoms with E-state index < -0.39 is 0 Å². The Morgan fingerprint density at radius 2 is 1.60 bits per heavy atom. The molecule has 84 valence electrons.